The van der Waals surface area contributed by atoms with Gasteiger partial charge in [0, 0.05) is 18.5 Å². The molecule has 5 fully saturated rings. The highest BCUT2D eigenvalue weighted by molar-refractivity contribution is 5.77. The molecule has 4 bridgehead atoms. The normalized spacial score (nSPS) is 50.9. The summed E-state index contributed by atoms with van der Waals surface area (Å²) in [6, 6.07) is 0.696. The van der Waals surface area contributed by atoms with Crippen molar-refractivity contribution in [3.63, 3.8) is 0 Å². The smallest absolute Gasteiger partial charge is 0.220 e. The molecule has 0 heterocycles. The van der Waals surface area contributed by atoms with Crippen LogP contribution in [-0.4, -0.2) is 18.0 Å². The fourth-order valence-corrected chi connectivity index (χ4v) is 5.91. The molecule has 19 heavy (non-hydrogen) atoms. The van der Waals surface area contributed by atoms with Crippen molar-refractivity contribution in [1.82, 2.24) is 5.32 Å². The number of nitrogens with two attached hydrogens (primary N) is 1. The van der Waals surface area contributed by atoms with Crippen molar-refractivity contribution in [3.8, 4) is 0 Å². The third-order valence-corrected chi connectivity index (χ3v) is 6.24. The van der Waals surface area contributed by atoms with Crippen molar-refractivity contribution in [3.05, 3.63) is 0 Å². The van der Waals surface area contributed by atoms with Gasteiger partial charge in [-0.3, -0.25) is 4.79 Å². The summed E-state index contributed by atoms with van der Waals surface area (Å²) in [5.74, 6) is 3.13. The number of carbonyl (C=O) groups excluding carboxylic acids is 1. The first-order valence-electron chi connectivity index (χ1n) is 8.15. The summed E-state index contributed by atoms with van der Waals surface area (Å²) in [4.78, 5) is 12.3. The number of carbonyl (C=O) groups is 1. The largest absolute Gasteiger partial charge is 0.353 e. The monoisotopic (exact) mass is 262 g/mol. The predicted molar refractivity (Wildman–Crippen MR) is 74.4 cm³/mol. The molecule has 0 unspecified atom stereocenters. The zero-order valence-corrected chi connectivity index (χ0v) is 11.7. The molecular weight excluding hydrogens is 236 g/mol. The Morgan fingerprint density at radius 2 is 1.53 bits per heavy atom. The van der Waals surface area contributed by atoms with Crippen LogP contribution in [0.15, 0.2) is 0 Å². The molecule has 3 N–H and O–H groups in total. The second-order valence-electron chi connectivity index (χ2n) is 8.09. The fourth-order valence-electron chi connectivity index (χ4n) is 5.91. The van der Waals surface area contributed by atoms with E-state index in [1.54, 1.807) is 0 Å². The van der Waals surface area contributed by atoms with Gasteiger partial charge in [-0.1, -0.05) is 0 Å². The van der Waals surface area contributed by atoms with Crippen LogP contribution in [0.1, 0.15) is 57.8 Å². The first-order chi connectivity index (χ1) is 9.10. The highest BCUT2D eigenvalue weighted by Gasteiger charge is 2.51. The summed E-state index contributed by atoms with van der Waals surface area (Å²) >= 11 is 0. The van der Waals surface area contributed by atoms with Gasteiger partial charge in [-0.05, 0) is 74.5 Å². The molecule has 0 aromatic heterocycles. The van der Waals surface area contributed by atoms with Crippen LogP contribution in [0.3, 0.4) is 0 Å². The fraction of sp³-hybridized carbons (Fsp3) is 0.938. The van der Waals surface area contributed by atoms with Crippen molar-refractivity contribution < 1.29 is 4.79 Å². The van der Waals surface area contributed by atoms with E-state index >= 15 is 0 Å². The Morgan fingerprint density at radius 1 is 1.00 bits per heavy atom. The average molecular weight is 262 g/mol. The van der Waals surface area contributed by atoms with Crippen LogP contribution in [0.5, 0.6) is 0 Å². The van der Waals surface area contributed by atoms with Crippen LogP contribution in [0.25, 0.3) is 0 Å². The van der Waals surface area contributed by atoms with Crippen LogP contribution >= 0.6 is 0 Å². The summed E-state index contributed by atoms with van der Waals surface area (Å²) in [6.07, 6.45) is 11.1. The van der Waals surface area contributed by atoms with Crippen LogP contribution in [-0.2, 0) is 4.79 Å². The molecule has 5 aliphatic carbocycles. The van der Waals surface area contributed by atoms with Gasteiger partial charge in [0.15, 0.2) is 0 Å². The molecular formula is C16H26N2O. The maximum absolute atomic E-state index is 12.3. The molecule has 5 saturated carbocycles. The molecule has 5 rings (SSSR count). The second kappa shape index (κ2) is 4.21. The van der Waals surface area contributed by atoms with Gasteiger partial charge in [0.05, 0.1) is 0 Å². The maximum Gasteiger partial charge on any atom is 0.220 e. The van der Waals surface area contributed by atoms with E-state index in [0.717, 1.165) is 37.0 Å². The zero-order chi connectivity index (χ0) is 13.0. The Labute approximate surface area is 115 Å². The molecule has 5 aliphatic rings. The van der Waals surface area contributed by atoms with E-state index in [1.807, 2.05) is 0 Å². The lowest BCUT2D eigenvalue weighted by Gasteiger charge is -2.56. The highest BCUT2D eigenvalue weighted by Crippen LogP contribution is 2.61. The SMILES string of the molecule is NC1CC(NC(=O)CC23CC4CC(CC(C4)C2)C3)C1. The summed E-state index contributed by atoms with van der Waals surface area (Å²) in [6.45, 7) is 0. The number of nitrogens with one attached hydrogen (secondary N) is 1. The van der Waals surface area contributed by atoms with E-state index in [2.05, 4.69) is 5.32 Å². The van der Waals surface area contributed by atoms with Crippen LogP contribution in [0.2, 0.25) is 0 Å². The number of hydrogen-bond donors (Lipinski definition) is 2. The minimum atomic E-state index is 0.304. The van der Waals surface area contributed by atoms with E-state index in [0.29, 0.717) is 23.4 Å². The summed E-state index contributed by atoms with van der Waals surface area (Å²) in [5, 5.41) is 3.20. The molecule has 0 saturated heterocycles. The Kier molecular flexibility index (Phi) is 2.70. The molecule has 0 radical (unpaired) electrons. The van der Waals surface area contributed by atoms with Gasteiger partial charge in [-0.2, -0.15) is 0 Å². The van der Waals surface area contributed by atoms with Crippen molar-refractivity contribution in [1.29, 1.82) is 0 Å². The lowest BCUT2D eigenvalue weighted by Crippen LogP contribution is -2.52. The number of hydrogen-bond acceptors (Lipinski definition) is 2. The van der Waals surface area contributed by atoms with E-state index < -0.39 is 0 Å². The van der Waals surface area contributed by atoms with Gasteiger partial charge in [-0.25, -0.2) is 0 Å². The molecule has 0 spiro atoms. The highest BCUT2D eigenvalue weighted by atomic mass is 16.1. The molecule has 106 valence electrons. The summed E-state index contributed by atoms with van der Waals surface area (Å²) in [5.41, 5.74) is 6.16. The van der Waals surface area contributed by atoms with Gasteiger partial charge in [0.2, 0.25) is 5.91 Å². The predicted octanol–water partition coefficient (Wildman–Crippen LogP) is 2.20. The number of rotatable bonds is 3. The van der Waals surface area contributed by atoms with E-state index in [4.69, 9.17) is 5.73 Å². The maximum atomic E-state index is 12.3. The Bertz CT molecular complexity index is 351. The van der Waals surface area contributed by atoms with Crippen LogP contribution < -0.4 is 11.1 Å². The zero-order valence-electron chi connectivity index (χ0n) is 11.7. The Balaban J connectivity index is 1.38. The molecule has 0 aromatic carbocycles. The van der Waals surface area contributed by atoms with Crippen molar-refractivity contribution in [2.45, 2.75) is 69.9 Å². The van der Waals surface area contributed by atoms with Crippen molar-refractivity contribution in [2.75, 3.05) is 0 Å². The second-order valence-corrected chi connectivity index (χ2v) is 8.09. The third kappa shape index (κ3) is 2.20. The topological polar surface area (TPSA) is 55.1 Å². The molecule has 3 nitrogen and oxygen atoms in total. The quantitative estimate of drug-likeness (QED) is 0.819. The molecule has 0 atom stereocenters. The van der Waals surface area contributed by atoms with Crippen molar-refractivity contribution >= 4 is 5.91 Å². The summed E-state index contributed by atoms with van der Waals surface area (Å²) < 4.78 is 0. The first kappa shape index (κ1) is 12.2. The standard InChI is InChI=1S/C16H26N2O/c17-13-4-14(5-13)18-15(19)9-16-6-10-1-11(7-16)3-12(2-10)8-16/h10-14H,1-9,17H2,(H,18,19). The minimum Gasteiger partial charge on any atom is -0.353 e. The van der Waals surface area contributed by atoms with E-state index in [-0.39, 0.29) is 0 Å². The van der Waals surface area contributed by atoms with Gasteiger partial charge < -0.3 is 11.1 Å². The lowest BCUT2D eigenvalue weighted by molar-refractivity contribution is -0.130. The Hall–Kier alpha value is -0.570. The third-order valence-electron chi connectivity index (χ3n) is 6.24. The van der Waals surface area contributed by atoms with E-state index in [1.165, 1.54) is 38.5 Å². The first-order valence-corrected chi connectivity index (χ1v) is 8.15. The lowest BCUT2D eigenvalue weighted by atomic mass is 9.49. The minimum absolute atomic E-state index is 0.304. The average Bonchev–Trinajstić information content (AvgIpc) is 2.23. The Morgan fingerprint density at radius 3 is 2.00 bits per heavy atom. The number of amides is 1. The van der Waals surface area contributed by atoms with Crippen molar-refractivity contribution in [2.24, 2.45) is 28.9 Å². The molecule has 1 amide bonds. The van der Waals surface area contributed by atoms with Crippen LogP contribution in [0.4, 0.5) is 0 Å². The molecule has 0 aliphatic heterocycles. The summed E-state index contributed by atoms with van der Waals surface area (Å²) in [7, 11) is 0. The van der Waals surface area contributed by atoms with Gasteiger partial charge >= 0.3 is 0 Å². The molecule has 3 heteroatoms. The molecule has 0 aromatic rings. The van der Waals surface area contributed by atoms with Gasteiger partial charge in [0.1, 0.15) is 0 Å². The van der Waals surface area contributed by atoms with Gasteiger partial charge in [0.25, 0.3) is 0 Å². The van der Waals surface area contributed by atoms with Gasteiger partial charge in [-0.15, -0.1) is 0 Å². The van der Waals surface area contributed by atoms with Crippen LogP contribution in [0, 0.1) is 23.2 Å². The van der Waals surface area contributed by atoms with E-state index in [9.17, 15) is 4.79 Å².